The summed E-state index contributed by atoms with van der Waals surface area (Å²) in [5.74, 6) is -0.501. The fourth-order valence-electron chi connectivity index (χ4n) is 4.14. The van der Waals surface area contributed by atoms with Gasteiger partial charge < -0.3 is 13.7 Å². The zero-order valence-corrected chi connectivity index (χ0v) is 25.2. The number of carbonyl (C=O) groups is 1. The number of carbonyl (C=O) groups excluding carboxylic acids is 1. The lowest BCUT2D eigenvalue weighted by Crippen LogP contribution is -2.40. The van der Waals surface area contributed by atoms with E-state index in [4.69, 9.17) is 13.7 Å². The van der Waals surface area contributed by atoms with Gasteiger partial charge in [-0.1, -0.05) is 55.5 Å². The van der Waals surface area contributed by atoms with Crippen LogP contribution in [0.15, 0.2) is 94.7 Å². The molecule has 13 heteroatoms. The quantitative estimate of drug-likeness (QED) is 0.199. The van der Waals surface area contributed by atoms with Gasteiger partial charge in [0.25, 0.3) is 20.0 Å². The largest absolute Gasteiger partial charge is 0.433 e. The van der Waals surface area contributed by atoms with Crippen molar-refractivity contribution in [2.45, 2.75) is 55.6 Å². The minimum absolute atomic E-state index is 0.0184. The third-order valence-electron chi connectivity index (χ3n) is 6.46. The average Bonchev–Trinajstić information content (AvgIpc) is 3.76. The van der Waals surface area contributed by atoms with Crippen molar-refractivity contribution in [2.24, 2.45) is 5.41 Å². The van der Waals surface area contributed by atoms with Crippen molar-refractivity contribution >= 4 is 37.3 Å². The number of benzene rings is 3. The van der Waals surface area contributed by atoms with E-state index in [0.717, 1.165) is 5.56 Å². The average molecular weight is 622 g/mol. The number of rotatable bonds is 13. The fourth-order valence-corrected chi connectivity index (χ4v) is 9.33. The molecule has 3 atom stereocenters. The molecule has 0 radical (unpaired) electrons. The maximum Gasteiger partial charge on any atom is 0.320 e. The summed E-state index contributed by atoms with van der Waals surface area (Å²) in [7, 11) is -9.74. The molecule has 1 heterocycles. The smallest absolute Gasteiger partial charge is 0.320 e. The number of hydrogen-bond donors (Lipinski definition) is 0. The van der Waals surface area contributed by atoms with Crippen LogP contribution in [0.25, 0.3) is 0 Å². The molecule has 1 saturated heterocycles. The molecule has 0 saturated carbocycles. The second-order valence-corrected chi connectivity index (χ2v) is 15.3. The van der Waals surface area contributed by atoms with Crippen molar-refractivity contribution in [3.05, 3.63) is 90.5 Å². The van der Waals surface area contributed by atoms with Crippen LogP contribution in [0.4, 0.5) is 0 Å². The van der Waals surface area contributed by atoms with E-state index < -0.39 is 47.9 Å². The number of epoxide rings is 1. The first kappa shape index (κ1) is 30.8. The van der Waals surface area contributed by atoms with Crippen molar-refractivity contribution in [1.82, 2.24) is 3.12 Å². The highest BCUT2D eigenvalue weighted by atomic mass is 32.3. The lowest BCUT2D eigenvalue weighted by Gasteiger charge is -2.27. The third kappa shape index (κ3) is 7.22. The molecule has 4 rings (SSSR count). The second kappa shape index (κ2) is 12.4. The van der Waals surface area contributed by atoms with Crippen molar-refractivity contribution in [1.29, 1.82) is 0 Å². The van der Waals surface area contributed by atoms with Gasteiger partial charge in [-0.3, -0.25) is 4.79 Å². The Morgan fingerprint density at radius 3 is 1.95 bits per heavy atom. The molecule has 1 fully saturated rings. The van der Waals surface area contributed by atoms with E-state index in [1.165, 1.54) is 48.5 Å². The van der Waals surface area contributed by atoms with Crippen LogP contribution in [0.1, 0.15) is 45.1 Å². The van der Waals surface area contributed by atoms with E-state index in [1.54, 1.807) is 50.2 Å². The molecule has 41 heavy (non-hydrogen) atoms. The van der Waals surface area contributed by atoms with E-state index in [9.17, 15) is 25.8 Å². The molecule has 3 aromatic carbocycles. The van der Waals surface area contributed by atoms with Crippen LogP contribution in [0.2, 0.25) is 0 Å². The fraction of sp³-hybridized carbons (Fsp3) is 0.321. The number of nitrogens with zero attached hydrogens (tertiary/aromatic N) is 1. The van der Waals surface area contributed by atoms with Gasteiger partial charge >= 0.3 is 17.2 Å². The maximum absolute atomic E-state index is 13.8. The lowest BCUT2D eigenvalue weighted by atomic mass is 9.79. The molecule has 0 spiro atoms. The Labute approximate surface area is 243 Å². The van der Waals surface area contributed by atoms with Gasteiger partial charge in [-0.2, -0.15) is 4.21 Å². The van der Waals surface area contributed by atoms with Crippen LogP contribution in [-0.2, 0) is 45.6 Å². The Morgan fingerprint density at radius 1 is 0.927 bits per heavy atom. The Hall–Kier alpha value is -3.10. The first-order chi connectivity index (χ1) is 19.4. The van der Waals surface area contributed by atoms with Crippen LogP contribution in [0.3, 0.4) is 0 Å². The predicted octanol–water partition coefficient (Wildman–Crippen LogP) is 4.53. The van der Waals surface area contributed by atoms with Crippen LogP contribution in [0, 0.1) is 5.41 Å². The van der Waals surface area contributed by atoms with E-state index in [2.05, 4.69) is 0 Å². The molecule has 3 aromatic rings. The van der Waals surface area contributed by atoms with Crippen molar-refractivity contribution in [3.63, 3.8) is 0 Å². The number of para-hydroxylation sites is 1. The van der Waals surface area contributed by atoms with Gasteiger partial charge in [-0.15, -0.1) is 0 Å². The summed E-state index contributed by atoms with van der Waals surface area (Å²) in [6, 6.07) is 20.1. The van der Waals surface area contributed by atoms with Crippen molar-refractivity contribution in [3.8, 4) is 5.75 Å². The highest BCUT2D eigenvalue weighted by molar-refractivity contribution is 8.14. The minimum Gasteiger partial charge on any atom is -0.433 e. The molecule has 0 aliphatic carbocycles. The molecule has 3 unspecified atom stereocenters. The van der Waals surface area contributed by atoms with E-state index in [1.807, 2.05) is 6.92 Å². The minimum atomic E-state index is -4.90. The van der Waals surface area contributed by atoms with E-state index >= 15 is 0 Å². The Morgan fingerprint density at radius 2 is 1.44 bits per heavy atom. The standard InChI is InChI=1S/C28H31NO9S3/c1-4-21(19-28(2,3)27(30)37-26-20-36-26)22-15-17-25(18-16-22)41(34,35)29(39(31)38-23-11-7-5-8-12-23)40(32,33)24-13-9-6-10-14-24/h5-18,21,26H,4,19-20H2,1-3H3. The van der Waals surface area contributed by atoms with Gasteiger partial charge in [0.05, 0.1) is 15.2 Å². The second-order valence-electron chi connectivity index (χ2n) is 10.0. The predicted molar refractivity (Wildman–Crippen MR) is 152 cm³/mol. The molecule has 0 bridgehead atoms. The number of ether oxygens (including phenoxy) is 2. The van der Waals surface area contributed by atoms with Gasteiger partial charge in [-0.05, 0) is 74.6 Å². The first-order valence-corrected chi connectivity index (χ1v) is 16.7. The Bertz CT molecular complexity index is 1590. The molecule has 1 aliphatic rings. The van der Waals surface area contributed by atoms with Gasteiger partial charge in [0.2, 0.25) is 6.29 Å². The van der Waals surface area contributed by atoms with E-state index in [0.29, 0.717) is 19.4 Å². The highest BCUT2D eigenvalue weighted by Crippen LogP contribution is 2.37. The summed E-state index contributed by atoms with van der Waals surface area (Å²) in [6.07, 6.45) is 0.564. The zero-order chi connectivity index (χ0) is 29.8. The summed E-state index contributed by atoms with van der Waals surface area (Å²) >= 11 is -2.99. The molecule has 0 N–H and O–H groups in total. The van der Waals surface area contributed by atoms with Crippen LogP contribution in [-0.4, -0.2) is 43.0 Å². The Balaban J connectivity index is 1.65. The monoisotopic (exact) mass is 621 g/mol. The van der Waals surface area contributed by atoms with Gasteiger partial charge in [0.15, 0.2) is 0 Å². The van der Waals surface area contributed by atoms with Gasteiger partial charge in [0.1, 0.15) is 12.4 Å². The zero-order valence-electron chi connectivity index (χ0n) is 22.7. The van der Waals surface area contributed by atoms with E-state index in [-0.39, 0.29) is 25.6 Å². The Kier molecular flexibility index (Phi) is 9.34. The summed E-state index contributed by atoms with van der Waals surface area (Å²) in [5, 5.41) is 0. The number of esters is 1. The molecule has 0 aromatic heterocycles. The lowest BCUT2D eigenvalue weighted by molar-refractivity contribution is -0.159. The normalized spacial score (nSPS) is 17.0. The first-order valence-electron chi connectivity index (χ1n) is 12.8. The molecule has 0 amide bonds. The summed E-state index contributed by atoms with van der Waals surface area (Å²) < 4.78 is 83.3. The molecule has 10 nitrogen and oxygen atoms in total. The van der Waals surface area contributed by atoms with Crippen molar-refractivity contribution < 1.29 is 39.5 Å². The third-order valence-corrected chi connectivity index (χ3v) is 12.6. The molecule has 220 valence electrons. The number of sulfonamides is 2. The molecule has 1 aliphatic heterocycles. The number of hydrogen-bond acceptors (Lipinski definition) is 9. The van der Waals surface area contributed by atoms with Crippen LogP contribution >= 0.6 is 0 Å². The summed E-state index contributed by atoms with van der Waals surface area (Å²) in [4.78, 5) is 11.8. The highest BCUT2D eigenvalue weighted by Gasteiger charge is 2.44. The SMILES string of the molecule is CCC(CC(C)(C)C(=O)OC1CO1)c1ccc(S(=O)(=O)N(S(=O)Oc2ccccc2)S(=O)(=O)c2ccccc2)cc1. The van der Waals surface area contributed by atoms with Crippen LogP contribution < -0.4 is 4.18 Å². The molecular formula is C28H31NO9S3. The summed E-state index contributed by atoms with van der Waals surface area (Å²) in [5.41, 5.74) is -0.0852. The maximum atomic E-state index is 13.8. The summed E-state index contributed by atoms with van der Waals surface area (Å²) in [6.45, 7) is 5.87. The van der Waals surface area contributed by atoms with Crippen molar-refractivity contribution in [2.75, 3.05) is 6.61 Å². The molecular weight excluding hydrogens is 591 g/mol. The topological polar surface area (TPSA) is 137 Å². The van der Waals surface area contributed by atoms with Gasteiger partial charge in [0, 0.05) is 3.12 Å². The van der Waals surface area contributed by atoms with Crippen LogP contribution in [0.5, 0.6) is 5.75 Å². The van der Waals surface area contributed by atoms with Gasteiger partial charge in [-0.25, -0.2) is 16.8 Å².